The summed E-state index contributed by atoms with van der Waals surface area (Å²) in [4.78, 5) is 10.3. The first kappa shape index (κ1) is 14.4. The third-order valence-corrected chi connectivity index (χ3v) is 2.18. The molecule has 1 rings (SSSR count). The molecule has 3 N–H and O–H groups in total. The second-order valence-corrected chi connectivity index (χ2v) is 3.57. The van der Waals surface area contributed by atoms with Crippen LogP contribution in [-0.2, 0) is 11.0 Å². The molecule has 18 heavy (non-hydrogen) atoms. The quantitative estimate of drug-likeness (QED) is 0.828. The van der Waals surface area contributed by atoms with E-state index in [9.17, 15) is 26.7 Å². The molecule has 8 heteroatoms. The van der Waals surface area contributed by atoms with E-state index in [1.807, 2.05) is 0 Å². The molecule has 0 aliphatic heterocycles. The summed E-state index contributed by atoms with van der Waals surface area (Å²) >= 11 is 0. The number of hydrogen-bond donors (Lipinski definition) is 2. The van der Waals surface area contributed by atoms with Crippen molar-refractivity contribution in [1.82, 2.24) is 0 Å². The van der Waals surface area contributed by atoms with E-state index in [-0.39, 0.29) is 0 Å². The van der Waals surface area contributed by atoms with Crippen LogP contribution in [0.4, 0.5) is 22.0 Å². The van der Waals surface area contributed by atoms with Crippen LogP contribution in [0.25, 0.3) is 0 Å². The van der Waals surface area contributed by atoms with E-state index < -0.39 is 47.4 Å². The van der Waals surface area contributed by atoms with Gasteiger partial charge in [-0.05, 0) is 17.7 Å². The number of carboxylic acids is 1. The van der Waals surface area contributed by atoms with Crippen LogP contribution < -0.4 is 5.73 Å². The second-order valence-electron chi connectivity index (χ2n) is 3.57. The summed E-state index contributed by atoms with van der Waals surface area (Å²) in [5.74, 6) is -5.12. The number of alkyl halides is 3. The van der Waals surface area contributed by atoms with Gasteiger partial charge in [-0.15, -0.1) is 0 Å². The summed E-state index contributed by atoms with van der Waals surface area (Å²) in [7, 11) is 0. The fourth-order valence-corrected chi connectivity index (χ4v) is 1.34. The van der Waals surface area contributed by atoms with Crippen molar-refractivity contribution in [2.75, 3.05) is 0 Å². The number of benzene rings is 1. The maximum atomic E-state index is 13.0. The summed E-state index contributed by atoms with van der Waals surface area (Å²) < 4.78 is 63.1. The van der Waals surface area contributed by atoms with Crippen LogP contribution in [0.2, 0.25) is 0 Å². The smallest absolute Gasteiger partial charge is 0.419 e. The molecule has 1 aromatic carbocycles. The molecular formula is C10H8F5NO2. The Kier molecular flexibility index (Phi) is 3.90. The molecule has 0 fully saturated rings. The first-order valence-corrected chi connectivity index (χ1v) is 4.66. The lowest BCUT2D eigenvalue weighted by Crippen LogP contribution is -2.18. The van der Waals surface area contributed by atoms with E-state index >= 15 is 0 Å². The van der Waals surface area contributed by atoms with Crippen molar-refractivity contribution in [3.8, 4) is 0 Å². The van der Waals surface area contributed by atoms with Gasteiger partial charge in [0.1, 0.15) is 0 Å². The highest BCUT2D eigenvalue weighted by Crippen LogP contribution is 2.34. The monoisotopic (exact) mass is 269 g/mol. The van der Waals surface area contributed by atoms with E-state index in [4.69, 9.17) is 10.8 Å². The summed E-state index contributed by atoms with van der Waals surface area (Å²) in [6.45, 7) is 0. The second kappa shape index (κ2) is 4.89. The Bertz CT molecular complexity index is 472. The Hall–Kier alpha value is -1.70. The largest absolute Gasteiger partial charge is 0.481 e. The molecule has 0 saturated carbocycles. The zero-order valence-corrected chi connectivity index (χ0v) is 8.76. The van der Waals surface area contributed by atoms with Gasteiger partial charge in [-0.25, -0.2) is 8.78 Å². The topological polar surface area (TPSA) is 63.3 Å². The minimum atomic E-state index is -5.08. The molecule has 0 spiro atoms. The predicted octanol–water partition coefficient (Wildman–Crippen LogP) is 2.46. The Balaban J connectivity index is 3.24. The summed E-state index contributed by atoms with van der Waals surface area (Å²) in [6.07, 6.45) is -5.77. The Morgan fingerprint density at radius 1 is 1.33 bits per heavy atom. The Morgan fingerprint density at radius 2 is 1.89 bits per heavy atom. The molecule has 1 aromatic rings. The average Bonchev–Trinajstić information content (AvgIpc) is 2.18. The van der Waals surface area contributed by atoms with Crippen LogP contribution in [0.5, 0.6) is 0 Å². The molecular weight excluding hydrogens is 261 g/mol. The number of carbonyl (C=O) groups is 1. The number of halogens is 5. The molecule has 1 unspecified atom stereocenters. The van der Waals surface area contributed by atoms with Crippen LogP contribution >= 0.6 is 0 Å². The fourth-order valence-electron chi connectivity index (χ4n) is 1.34. The fraction of sp³-hybridized carbons (Fsp3) is 0.300. The van der Waals surface area contributed by atoms with E-state index in [1.165, 1.54) is 0 Å². The number of nitrogens with two attached hydrogens (primary N) is 1. The van der Waals surface area contributed by atoms with Gasteiger partial charge in [0.05, 0.1) is 12.0 Å². The van der Waals surface area contributed by atoms with Gasteiger partial charge in [-0.1, -0.05) is 0 Å². The van der Waals surface area contributed by atoms with Crippen molar-refractivity contribution in [2.45, 2.75) is 18.6 Å². The third kappa shape index (κ3) is 3.16. The minimum absolute atomic E-state index is 0.312. The van der Waals surface area contributed by atoms with Crippen molar-refractivity contribution in [1.29, 1.82) is 0 Å². The van der Waals surface area contributed by atoms with Gasteiger partial charge in [-0.3, -0.25) is 4.79 Å². The van der Waals surface area contributed by atoms with Crippen molar-refractivity contribution < 1.29 is 31.9 Å². The average molecular weight is 269 g/mol. The molecule has 0 amide bonds. The maximum Gasteiger partial charge on any atom is 0.419 e. The zero-order chi connectivity index (χ0) is 14.1. The van der Waals surface area contributed by atoms with E-state index in [0.717, 1.165) is 0 Å². The van der Waals surface area contributed by atoms with E-state index in [0.29, 0.717) is 12.1 Å². The lowest BCUT2D eigenvalue weighted by Gasteiger charge is -2.14. The molecule has 0 aliphatic rings. The van der Waals surface area contributed by atoms with Gasteiger partial charge in [0.25, 0.3) is 0 Å². The highest BCUT2D eigenvalue weighted by molar-refractivity contribution is 5.67. The summed E-state index contributed by atoms with van der Waals surface area (Å²) in [5.41, 5.74) is 3.06. The van der Waals surface area contributed by atoms with Crippen LogP contribution in [-0.4, -0.2) is 11.1 Å². The van der Waals surface area contributed by atoms with Crippen molar-refractivity contribution in [3.05, 3.63) is 34.9 Å². The highest BCUT2D eigenvalue weighted by atomic mass is 19.4. The normalized spacial score (nSPS) is 13.4. The van der Waals surface area contributed by atoms with Crippen molar-refractivity contribution in [3.63, 3.8) is 0 Å². The molecule has 3 nitrogen and oxygen atoms in total. The van der Waals surface area contributed by atoms with Crippen LogP contribution in [0.15, 0.2) is 12.1 Å². The molecule has 100 valence electrons. The molecule has 0 aliphatic carbocycles. The van der Waals surface area contributed by atoms with Crippen molar-refractivity contribution in [2.24, 2.45) is 5.73 Å². The number of aliphatic carboxylic acids is 1. The first-order valence-electron chi connectivity index (χ1n) is 4.66. The summed E-state index contributed by atoms with van der Waals surface area (Å²) in [6, 6.07) is -0.580. The standard InChI is InChI=1S/C10H8F5NO2/c11-6-2-4(7(16)3-8(17)18)1-5(9(6)12)10(13,14)15/h1-2,7H,3,16H2,(H,17,18). The molecule has 0 saturated heterocycles. The maximum absolute atomic E-state index is 13.0. The zero-order valence-electron chi connectivity index (χ0n) is 8.76. The van der Waals surface area contributed by atoms with Crippen LogP contribution in [0.1, 0.15) is 23.6 Å². The van der Waals surface area contributed by atoms with Gasteiger partial charge in [-0.2, -0.15) is 13.2 Å². The Labute approximate surface area is 98.0 Å². The molecule has 0 radical (unpaired) electrons. The number of rotatable bonds is 3. The van der Waals surface area contributed by atoms with Gasteiger partial charge in [0.15, 0.2) is 11.6 Å². The molecule has 0 bridgehead atoms. The number of carboxylic acid groups (broad SMARTS) is 1. The first-order chi connectivity index (χ1) is 8.12. The summed E-state index contributed by atoms with van der Waals surface area (Å²) in [5, 5.41) is 8.43. The molecule has 0 aromatic heterocycles. The minimum Gasteiger partial charge on any atom is -0.481 e. The third-order valence-electron chi connectivity index (χ3n) is 2.18. The van der Waals surface area contributed by atoms with Crippen LogP contribution in [0.3, 0.4) is 0 Å². The SMILES string of the molecule is NC(CC(=O)O)c1cc(F)c(F)c(C(F)(F)F)c1. The lowest BCUT2D eigenvalue weighted by molar-refractivity contribution is -0.140. The van der Waals surface area contributed by atoms with Crippen LogP contribution in [0, 0.1) is 11.6 Å². The Morgan fingerprint density at radius 3 is 2.33 bits per heavy atom. The predicted molar refractivity (Wildman–Crippen MR) is 50.5 cm³/mol. The number of hydrogen-bond acceptors (Lipinski definition) is 2. The lowest BCUT2D eigenvalue weighted by atomic mass is 10.0. The van der Waals surface area contributed by atoms with Crippen molar-refractivity contribution >= 4 is 5.97 Å². The van der Waals surface area contributed by atoms with Gasteiger partial charge >= 0.3 is 12.1 Å². The van der Waals surface area contributed by atoms with Gasteiger partial charge < -0.3 is 10.8 Å². The van der Waals surface area contributed by atoms with E-state index in [2.05, 4.69) is 0 Å². The van der Waals surface area contributed by atoms with Gasteiger partial charge in [0, 0.05) is 6.04 Å². The molecule has 0 heterocycles. The van der Waals surface area contributed by atoms with E-state index in [1.54, 1.807) is 0 Å². The van der Waals surface area contributed by atoms with Gasteiger partial charge in [0.2, 0.25) is 0 Å². The highest BCUT2D eigenvalue weighted by Gasteiger charge is 2.36. The molecule has 1 atom stereocenters.